The van der Waals surface area contributed by atoms with Gasteiger partial charge in [-0.05, 0) is 12.8 Å². The summed E-state index contributed by atoms with van der Waals surface area (Å²) in [7, 11) is 0. The highest BCUT2D eigenvalue weighted by atomic mass is 32.1. The summed E-state index contributed by atoms with van der Waals surface area (Å²) in [5, 5.41) is 17.5. The van der Waals surface area contributed by atoms with Crippen molar-refractivity contribution in [2.24, 2.45) is 0 Å². The van der Waals surface area contributed by atoms with Crippen molar-refractivity contribution in [3.63, 3.8) is 0 Å². The van der Waals surface area contributed by atoms with E-state index in [1.807, 2.05) is 4.52 Å². The molecule has 0 atom stereocenters. The first-order valence-corrected chi connectivity index (χ1v) is 7.12. The van der Waals surface area contributed by atoms with E-state index < -0.39 is 0 Å². The van der Waals surface area contributed by atoms with Gasteiger partial charge in [-0.2, -0.15) is 9.61 Å². The smallest absolute Gasteiger partial charge is 0.234 e. The molecular formula is C11H17N5S. The van der Waals surface area contributed by atoms with Gasteiger partial charge in [-0.25, -0.2) is 0 Å². The molecule has 3 rings (SSSR count). The van der Waals surface area contributed by atoms with Gasteiger partial charge in [0.1, 0.15) is 5.01 Å². The molecule has 0 spiro atoms. The molecule has 2 heterocycles. The highest BCUT2D eigenvalue weighted by Gasteiger charge is 2.15. The number of nitrogens with one attached hydrogen (secondary N) is 1. The van der Waals surface area contributed by atoms with Gasteiger partial charge in [-0.1, -0.05) is 31.1 Å². The molecule has 1 N–H and O–H groups in total. The summed E-state index contributed by atoms with van der Waals surface area (Å²) in [5.74, 6) is 0.948. The zero-order valence-corrected chi connectivity index (χ0v) is 10.8. The predicted octanol–water partition coefficient (Wildman–Crippen LogP) is 1.78. The molecule has 0 saturated heterocycles. The summed E-state index contributed by atoms with van der Waals surface area (Å²) >= 11 is 1.63. The van der Waals surface area contributed by atoms with Crippen LogP contribution in [0, 0.1) is 0 Å². The van der Waals surface area contributed by atoms with Crippen molar-refractivity contribution in [2.75, 3.05) is 0 Å². The summed E-state index contributed by atoms with van der Waals surface area (Å²) in [6, 6.07) is 0.690. The Morgan fingerprint density at radius 1 is 1.35 bits per heavy atom. The lowest BCUT2D eigenvalue weighted by Crippen LogP contribution is -2.25. The van der Waals surface area contributed by atoms with Crippen LogP contribution in [-0.2, 0) is 13.0 Å². The van der Waals surface area contributed by atoms with Crippen LogP contribution < -0.4 is 5.32 Å². The van der Waals surface area contributed by atoms with E-state index in [1.54, 1.807) is 11.3 Å². The molecule has 0 unspecified atom stereocenters. The van der Waals surface area contributed by atoms with E-state index in [1.165, 1.54) is 25.7 Å². The second-order valence-corrected chi connectivity index (χ2v) is 5.56. The summed E-state index contributed by atoms with van der Waals surface area (Å²) in [6.45, 7) is 2.94. The van der Waals surface area contributed by atoms with E-state index in [4.69, 9.17) is 0 Å². The Morgan fingerprint density at radius 2 is 2.18 bits per heavy atom. The van der Waals surface area contributed by atoms with Crippen molar-refractivity contribution in [3.8, 4) is 0 Å². The quantitative estimate of drug-likeness (QED) is 0.900. The van der Waals surface area contributed by atoms with Gasteiger partial charge in [0, 0.05) is 19.0 Å². The number of rotatable bonds is 4. The molecule has 0 bridgehead atoms. The van der Waals surface area contributed by atoms with Crippen LogP contribution in [0.4, 0.5) is 0 Å². The van der Waals surface area contributed by atoms with E-state index >= 15 is 0 Å². The molecule has 1 fully saturated rings. The summed E-state index contributed by atoms with van der Waals surface area (Å²) in [5.41, 5.74) is 0. The third-order valence-electron chi connectivity index (χ3n) is 3.31. The van der Waals surface area contributed by atoms with Gasteiger partial charge in [0.25, 0.3) is 0 Å². The lowest BCUT2D eigenvalue weighted by atomic mass is 10.2. The first kappa shape index (κ1) is 11.1. The first-order chi connectivity index (χ1) is 8.36. The van der Waals surface area contributed by atoms with Crippen LogP contribution in [0.3, 0.4) is 0 Å². The minimum atomic E-state index is 0.690. The third kappa shape index (κ3) is 2.19. The predicted molar refractivity (Wildman–Crippen MR) is 67.1 cm³/mol. The summed E-state index contributed by atoms with van der Waals surface area (Å²) in [6.07, 6.45) is 6.22. The maximum Gasteiger partial charge on any atom is 0.234 e. The van der Waals surface area contributed by atoms with Gasteiger partial charge in [-0.15, -0.1) is 10.2 Å². The summed E-state index contributed by atoms with van der Waals surface area (Å²) < 4.78 is 1.87. The van der Waals surface area contributed by atoms with Crippen LogP contribution in [0.15, 0.2) is 0 Å². The monoisotopic (exact) mass is 251 g/mol. The fourth-order valence-corrected chi connectivity index (χ4v) is 3.15. The molecule has 1 aliphatic rings. The normalized spacial score (nSPS) is 17.2. The molecular weight excluding hydrogens is 234 g/mol. The standard InChI is InChI=1S/C11H17N5S/c1-2-9-13-14-11-16(9)15-10(17-11)7-12-8-5-3-4-6-8/h8,12H,2-7H2,1H3. The highest BCUT2D eigenvalue weighted by molar-refractivity contribution is 7.16. The van der Waals surface area contributed by atoms with Gasteiger partial charge in [0.15, 0.2) is 5.82 Å². The van der Waals surface area contributed by atoms with Crippen LogP contribution >= 0.6 is 11.3 Å². The molecule has 17 heavy (non-hydrogen) atoms. The Morgan fingerprint density at radius 3 is 2.94 bits per heavy atom. The lowest BCUT2D eigenvalue weighted by Gasteiger charge is -2.08. The molecule has 2 aromatic heterocycles. The van der Waals surface area contributed by atoms with Gasteiger partial charge >= 0.3 is 0 Å². The topological polar surface area (TPSA) is 55.1 Å². The molecule has 0 aromatic carbocycles. The van der Waals surface area contributed by atoms with Gasteiger partial charge < -0.3 is 5.32 Å². The Kier molecular flexibility index (Phi) is 3.07. The molecule has 6 heteroatoms. The van der Waals surface area contributed by atoms with Gasteiger partial charge in [0.2, 0.25) is 4.96 Å². The molecule has 5 nitrogen and oxygen atoms in total. The first-order valence-electron chi connectivity index (χ1n) is 6.30. The Bertz CT molecular complexity index is 497. The molecule has 0 radical (unpaired) electrons. The SMILES string of the molecule is CCc1nnc2sc(CNC3CCCC3)nn12. The van der Waals surface area contributed by atoms with Gasteiger partial charge in [-0.3, -0.25) is 0 Å². The Labute approximate surface area is 104 Å². The van der Waals surface area contributed by atoms with E-state index in [0.717, 1.165) is 28.8 Å². The number of hydrogen-bond donors (Lipinski definition) is 1. The van der Waals surface area contributed by atoms with Crippen molar-refractivity contribution < 1.29 is 0 Å². The van der Waals surface area contributed by atoms with Crippen LogP contribution in [0.1, 0.15) is 43.4 Å². The molecule has 92 valence electrons. The van der Waals surface area contributed by atoms with Crippen LogP contribution in [0.5, 0.6) is 0 Å². The molecule has 1 saturated carbocycles. The fraction of sp³-hybridized carbons (Fsp3) is 0.727. The lowest BCUT2D eigenvalue weighted by molar-refractivity contribution is 0.520. The average Bonchev–Trinajstić information content (AvgIpc) is 3.02. The second kappa shape index (κ2) is 4.70. The van der Waals surface area contributed by atoms with Crippen molar-refractivity contribution >= 4 is 16.3 Å². The van der Waals surface area contributed by atoms with Crippen LogP contribution in [0.25, 0.3) is 4.96 Å². The van der Waals surface area contributed by atoms with Crippen LogP contribution in [0.2, 0.25) is 0 Å². The fourth-order valence-electron chi connectivity index (χ4n) is 2.35. The van der Waals surface area contributed by atoms with Crippen LogP contribution in [-0.4, -0.2) is 25.9 Å². The largest absolute Gasteiger partial charge is 0.308 e. The van der Waals surface area contributed by atoms with E-state index in [2.05, 4.69) is 27.5 Å². The minimum absolute atomic E-state index is 0.690. The maximum absolute atomic E-state index is 4.55. The van der Waals surface area contributed by atoms with Gasteiger partial charge in [0.05, 0.1) is 0 Å². The van der Waals surface area contributed by atoms with Crippen molar-refractivity contribution in [1.82, 2.24) is 25.1 Å². The third-order valence-corrected chi connectivity index (χ3v) is 4.21. The number of hydrogen-bond acceptors (Lipinski definition) is 5. The number of aryl methyl sites for hydroxylation is 1. The van der Waals surface area contributed by atoms with E-state index in [0.29, 0.717) is 6.04 Å². The Hall–Kier alpha value is -1.01. The molecule has 1 aliphatic carbocycles. The molecule has 2 aromatic rings. The molecule has 0 amide bonds. The highest BCUT2D eigenvalue weighted by Crippen LogP contribution is 2.19. The van der Waals surface area contributed by atoms with E-state index in [-0.39, 0.29) is 0 Å². The minimum Gasteiger partial charge on any atom is -0.308 e. The average molecular weight is 251 g/mol. The van der Waals surface area contributed by atoms with E-state index in [9.17, 15) is 0 Å². The molecule has 0 aliphatic heterocycles. The maximum atomic E-state index is 4.55. The summed E-state index contributed by atoms with van der Waals surface area (Å²) in [4.78, 5) is 0.907. The number of aromatic nitrogens is 4. The van der Waals surface area contributed by atoms with Crippen molar-refractivity contribution in [3.05, 3.63) is 10.8 Å². The van der Waals surface area contributed by atoms with Crippen molar-refractivity contribution in [1.29, 1.82) is 0 Å². The zero-order chi connectivity index (χ0) is 11.7. The second-order valence-electron chi connectivity index (χ2n) is 4.52. The Balaban J connectivity index is 1.70. The number of nitrogens with zero attached hydrogens (tertiary/aromatic N) is 4. The van der Waals surface area contributed by atoms with Crippen molar-refractivity contribution in [2.45, 2.75) is 51.6 Å². The zero-order valence-electron chi connectivity index (χ0n) is 10.0. The number of fused-ring (bicyclic) bond motifs is 1.